The van der Waals surface area contributed by atoms with Crippen molar-refractivity contribution in [3.63, 3.8) is 0 Å². The molecule has 0 spiro atoms. The number of furan rings is 1. The van der Waals surface area contributed by atoms with E-state index in [0.29, 0.717) is 26.4 Å². The second-order valence-electron chi connectivity index (χ2n) is 10.2. The average molecular weight is 601 g/mol. The molecule has 0 N–H and O–H groups in total. The Balaban J connectivity index is 1.51. The van der Waals surface area contributed by atoms with Crippen LogP contribution in [-0.4, -0.2) is 61.5 Å². The van der Waals surface area contributed by atoms with Crippen LogP contribution in [0.5, 0.6) is 0 Å². The fraction of sp³-hybridized carbons (Fsp3) is 0.281. The van der Waals surface area contributed by atoms with Crippen LogP contribution in [0, 0.1) is 0 Å². The number of benzene rings is 2. The van der Waals surface area contributed by atoms with Crippen LogP contribution in [0.15, 0.2) is 91.4 Å². The van der Waals surface area contributed by atoms with Gasteiger partial charge < -0.3 is 19.0 Å². The third-order valence-corrected chi connectivity index (χ3v) is 9.23. The zero-order chi connectivity index (χ0) is 29.2. The molecule has 1 saturated heterocycles. The van der Waals surface area contributed by atoms with Crippen molar-refractivity contribution in [1.82, 2.24) is 9.47 Å². The molecule has 2 aliphatic rings. The van der Waals surface area contributed by atoms with E-state index in [1.54, 1.807) is 29.3 Å². The molecule has 8 nitrogen and oxygen atoms in total. The van der Waals surface area contributed by atoms with Crippen molar-refractivity contribution >= 4 is 46.7 Å². The molecule has 6 rings (SSSR count). The van der Waals surface area contributed by atoms with E-state index in [1.807, 2.05) is 73.0 Å². The molecule has 0 saturated carbocycles. The number of likely N-dealkylation sites (N-methyl/N-ethyl adjacent to an activating group) is 1. The van der Waals surface area contributed by atoms with Crippen LogP contribution in [0.25, 0.3) is 11.8 Å². The summed E-state index contributed by atoms with van der Waals surface area (Å²) in [6.45, 7) is 5.71. The van der Waals surface area contributed by atoms with Crippen LogP contribution >= 0.6 is 23.1 Å². The second-order valence-corrected chi connectivity index (χ2v) is 12.1. The summed E-state index contributed by atoms with van der Waals surface area (Å²) < 4.78 is 13.8. The van der Waals surface area contributed by atoms with Gasteiger partial charge >= 0.3 is 5.97 Å². The largest absolute Gasteiger partial charge is 0.463 e. The summed E-state index contributed by atoms with van der Waals surface area (Å²) in [6.07, 6.45) is 3.78. The summed E-state index contributed by atoms with van der Waals surface area (Å²) in [6, 6.07) is 20.7. The number of aromatic nitrogens is 1. The molecule has 2 aromatic heterocycles. The number of carbonyl (C=O) groups is 1. The Hall–Kier alpha value is -3.86. The minimum Gasteiger partial charge on any atom is -0.463 e. The van der Waals surface area contributed by atoms with E-state index in [-0.39, 0.29) is 12.2 Å². The lowest BCUT2D eigenvalue weighted by Gasteiger charge is -2.32. The van der Waals surface area contributed by atoms with Crippen molar-refractivity contribution in [2.75, 3.05) is 51.0 Å². The number of carbonyl (C=O) groups excluding carboxylic acids is 1. The molecule has 4 aromatic rings. The van der Waals surface area contributed by atoms with Gasteiger partial charge in [-0.3, -0.25) is 9.36 Å². The van der Waals surface area contributed by atoms with E-state index in [2.05, 4.69) is 16.8 Å². The number of ether oxygens (including phenoxy) is 1. The number of anilines is 1. The SMILES string of the molecule is CCOC(=O)C1=C(c2ccccc2)N=c2s/c(=C/c3ccc(N4CCN(C)CC4)o3)c(=O)n2C1c1ccc(SC)cc1. The van der Waals surface area contributed by atoms with E-state index in [0.717, 1.165) is 48.1 Å². The van der Waals surface area contributed by atoms with Gasteiger partial charge in [0.1, 0.15) is 5.76 Å². The Kier molecular flexibility index (Phi) is 8.19. The zero-order valence-electron chi connectivity index (χ0n) is 23.8. The van der Waals surface area contributed by atoms with Crippen LogP contribution in [0.1, 0.15) is 29.9 Å². The molecule has 4 heterocycles. The zero-order valence-corrected chi connectivity index (χ0v) is 25.4. The van der Waals surface area contributed by atoms with E-state index < -0.39 is 12.0 Å². The van der Waals surface area contributed by atoms with Gasteiger partial charge in [-0.15, -0.1) is 11.8 Å². The Labute approximate surface area is 252 Å². The van der Waals surface area contributed by atoms with Crippen LogP contribution in [-0.2, 0) is 9.53 Å². The van der Waals surface area contributed by atoms with Gasteiger partial charge in [0, 0.05) is 48.8 Å². The maximum Gasteiger partial charge on any atom is 0.338 e. The molecule has 10 heteroatoms. The number of thioether (sulfide) groups is 1. The number of hydrogen-bond acceptors (Lipinski definition) is 9. The normalized spacial score (nSPS) is 17.7. The Bertz CT molecular complexity index is 1800. The number of piperazine rings is 1. The number of fused-ring (bicyclic) bond motifs is 1. The van der Waals surface area contributed by atoms with Gasteiger partial charge in [-0.1, -0.05) is 53.8 Å². The summed E-state index contributed by atoms with van der Waals surface area (Å²) >= 11 is 2.92. The van der Waals surface area contributed by atoms with E-state index in [1.165, 1.54) is 11.3 Å². The fourth-order valence-electron chi connectivity index (χ4n) is 5.29. The minimum atomic E-state index is -0.703. The topological polar surface area (TPSA) is 80.3 Å². The molecule has 2 aliphatic heterocycles. The van der Waals surface area contributed by atoms with Gasteiger partial charge in [-0.25, -0.2) is 9.79 Å². The monoisotopic (exact) mass is 600 g/mol. The smallest absolute Gasteiger partial charge is 0.338 e. The van der Waals surface area contributed by atoms with Crippen molar-refractivity contribution in [2.24, 2.45) is 4.99 Å². The molecule has 216 valence electrons. The van der Waals surface area contributed by atoms with Crippen molar-refractivity contribution in [3.8, 4) is 0 Å². The van der Waals surface area contributed by atoms with Gasteiger partial charge in [0.2, 0.25) is 0 Å². The molecule has 0 aliphatic carbocycles. The maximum absolute atomic E-state index is 14.1. The molecule has 0 bridgehead atoms. The first kappa shape index (κ1) is 28.3. The number of hydrogen-bond donors (Lipinski definition) is 0. The first-order chi connectivity index (χ1) is 20.5. The number of rotatable bonds is 7. The predicted octanol–water partition coefficient (Wildman–Crippen LogP) is 4.00. The summed E-state index contributed by atoms with van der Waals surface area (Å²) in [5, 5.41) is 0. The van der Waals surface area contributed by atoms with Crippen LogP contribution in [0.3, 0.4) is 0 Å². The Morgan fingerprint density at radius 2 is 1.81 bits per heavy atom. The lowest BCUT2D eigenvalue weighted by Crippen LogP contribution is -2.44. The average Bonchev–Trinajstić information content (AvgIpc) is 3.61. The maximum atomic E-state index is 14.1. The summed E-state index contributed by atoms with van der Waals surface area (Å²) in [4.78, 5) is 38.7. The third kappa shape index (κ3) is 5.49. The molecule has 1 atom stereocenters. The Morgan fingerprint density at radius 1 is 1.07 bits per heavy atom. The number of thiazole rings is 1. The molecule has 0 radical (unpaired) electrons. The minimum absolute atomic E-state index is 0.209. The molecule has 1 fully saturated rings. The van der Waals surface area contributed by atoms with Gasteiger partial charge in [0.15, 0.2) is 10.7 Å². The van der Waals surface area contributed by atoms with E-state index in [4.69, 9.17) is 14.1 Å². The van der Waals surface area contributed by atoms with Gasteiger partial charge in [0.25, 0.3) is 5.56 Å². The number of esters is 1. The molecular weight excluding hydrogens is 569 g/mol. The molecule has 0 amide bonds. The van der Waals surface area contributed by atoms with Crippen LogP contribution in [0.2, 0.25) is 0 Å². The third-order valence-electron chi connectivity index (χ3n) is 7.51. The quantitative estimate of drug-likeness (QED) is 0.234. The highest BCUT2D eigenvalue weighted by molar-refractivity contribution is 7.98. The summed E-state index contributed by atoms with van der Waals surface area (Å²) in [5.41, 5.74) is 2.21. The molecule has 42 heavy (non-hydrogen) atoms. The van der Waals surface area contributed by atoms with Crippen molar-refractivity contribution in [2.45, 2.75) is 17.9 Å². The molecule has 1 unspecified atom stereocenters. The van der Waals surface area contributed by atoms with Crippen LogP contribution in [0.4, 0.5) is 5.88 Å². The first-order valence-electron chi connectivity index (χ1n) is 13.9. The number of nitrogens with zero attached hydrogens (tertiary/aromatic N) is 4. The Morgan fingerprint density at radius 3 is 2.50 bits per heavy atom. The fourth-order valence-corrected chi connectivity index (χ4v) is 6.68. The lowest BCUT2D eigenvalue weighted by atomic mass is 9.93. The van der Waals surface area contributed by atoms with Gasteiger partial charge in [-0.2, -0.15) is 0 Å². The van der Waals surface area contributed by atoms with Crippen molar-refractivity contribution in [1.29, 1.82) is 0 Å². The summed E-state index contributed by atoms with van der Waals surface area (Å²) in [7, 11) is 2.12. The van der Waals surface area contributed by atoms with Crippen molar-refractivity contribution in [3.05, 3.63) is 109 Å². The van der Waals surface area contributed by atoms with Crippen LogP contribution < -0.4 is 19.8 Å². The van der Waals surface area contributed by atoms with E-state index in [9.17, 15) is 9.59 Å². The van der Waals surface area contributed by atoms with Crippen molar-refractivity contribution < 1.29 is 13.9 Å². The molecular formula is C32H32N4O4S2. The molecule has 2 aromatic carbocycles. The first-order valence-corrected chi connectivity index (χ1v) is 16.0. The predicted molar refractivity (Wildman–Crippen MR) is 168 cm³/mol. The van der Waals surface area contributed by atoms with E-state index >= 15 is 0 Å². The highest BCUT2D eigenvalue weighted by atomic mass is 32.2. The van der Waals surface area contributed by atoms with Gasteiger partial charge in [0.05, 0.1) is 28.5 Å². The highest BCUT2D eigenvalue weighted by Crippen LogP contribution is 2.35. The second kappa shape index (κ2) is 12.2. The van der Waals surface area contributed by atoms with Gasteiger partial charge in [-0.05, 0) is 44.0 Å². The highest BCUT2D eigenvalue weighted by Gasteiger charge is 2.35. The summed E-state index contributed by atoms with van der Waals surface area (Å²) in [5.74, 6) is 0.906. The standard InChI is InChI=1S/C32H32N4O4S2/c1-4-39-31(38)27-28(21-8-6-5-7-9-21)33-32-36(29(27)22-10-13-24(41-3)14-11-22)30(37)25(42-32)20-23-12-15-26(40-23)35-18-16-34(2)17-19-35/h5-15,20,29H,4,16-19H2,1-3H3/b25-20+. The lowest BCUT2D eigenvalue weighted by molar-refractivity contribution is -0.138.